The second-order valence-corrected chi connectivity index (χ2v) is 3.58. The van der Waals surface area contributed by atoms with Gasteiger partial charge < -0.3 is 4.90 Å². The number of hydrogen-bond acceptors (Lipinski definition) is 3. The zero-order valence-corrected chi connectivity index (χ0v) is 8.28. The van der Waals surface area contributed by atoms with E-state index >= 15 is 0 Å². The Labute approximate surface area is 83.7 Å². The molecule has 0 saturated carbocycles. The standard InChI is InChI=1S/C9H11BN4/c1-14(2)5-8-7-3-6(10)4-11-9(7)13-12-8/h3-4H,5H2,1-2H3,(H,11,12,13). The highest BCUT2D eigenvalue weighted by atomic mass is 15.2. The first-order valence-electron chi connectivity index (χ1n) is 4.40. The zero-order chi connectivity index (χ0) is 10.1. The highest BCUT2D eigenvalue weighted by molar-refractivity contribution is 6.32. The summed E-state index contributed by atoms with van der Waals surface area (Å²) in [6, 6.07) is 1.89. The Kier molecular flexibility index (Phi) is 2.25. The fourth-order valence-corrected chi connectivity index (χ4v) is 1.40. The Morgan fingerprint density at radius 3 is 3.00 bits per heavy atom. The Bertz CT molecular complexity index is 449. The van der Waals surface area contributed by atoms with Crippen LogP contribution in [0.15, 0.2) is 12.3 Å². The molecule has 0 bridgehead atoms. The molecular formula is C9H11BN4. The minimum atomic E-state index is 0.666. The van der Waals surface area contributed by atoms with Crippen LogP contribution >= 0.6 is 0 Å². The van der Waals surface area contributed by atoms with Crippen molar-refractivity contribution >= 4 is 24.3 Å². The number of aromatic amines is 1. The summed E-state index contributed by atoms with van der Waals surface area (Å²) >= 11 is 0. The molecule has 0 unspecified atom stereocenters. The molecule has 4 nitrogen and oxygen atoms in total. The van der Waals surface area contributed by atoms with Crippen LogP contribution in [0.3, 0.4) is 0 Å². The smallest absolute Gasteiger partial charge is 0.181 e. The summed E-state index contributed by atoms with van der Waals surface area (Å²) in [7, 11) is 9.68. The average molecular weight is 186 g/mol. The fraction of sp³-hybridized carbons (Fsp3) is 0.333. The molecule has 0 spiro atoms. The van der Waals surface area contributed by atoms with Gasteiger partial charge in [0.1, 0.15) is 7.85 Å². The molecule has 70 valence electrons. The number of nitrogens with zero attached hydrogens (tertiary/aromatic N) is 3. The van der Waals surface area contributed by atoms with E-state index in [1.807, 2.05) is 20.2 Å². The number of pyridine rings is 1. The van der Waals surface area contributed by atoms with E-state index in [-0.39, 0.29) is 0 Å². The second kappa shape index (κ2) is 3.42. The molecule has 1 N–H and O–H groups in total. The lowest BCUT2D eigenvalue weighted by Crippen LogP contribution is -2.11. The number of rotatable bonds is 2. The molecule has 0 atom stereocenters. The molecule has 2 heterocycles. The quantitative estimate of drug-likeness (QED) is 0.661. The molecule has 0 aliphatic carbocycles. The number of aromatic nitrogens is 3. The summed E-state index contributed by atoms with van der Waals surface area (Å²) in [5, 5.41) is 8.06. The first kappa shape index (κ1) is 9.21. The summed E-state index contributed by atoms with van der Waals surface area (Å²) in [5.41, 5.74) is 2.43. The Morgan fingerprint density at radius 2 is 2.29 bits per heavy atom. The topological polar surface area (TPSA) is 44.8 Å². The lowest BCUT2D eigenvalue weighted by Gasteiger charge is -2.07. The highest BCUT2D eigenvalue weighted by Gasteiger charge is 2.06. The van der Waals surface area contributed by atoms with Crippen molar-refractivity contribution in [2.75, 3.05) is 14.1 Å². The van der Waals surface area contributed by atoms with E-state index in [4.69, 9.17) is 7.85 Å². The molecule has 2 rings (SSSR count). The molecule has 0 aromatic carbocycles. The van der Waals surface area contributed by atoms with Gasteiger partial charge in [0.05, 0.1) is 5.69 Å². The summed E-state index contributed by atoms with van der Waals surface area (Å²) in [5.74, 6) is 0. The van der Waals surface area contributed by atoms with Crippen LogP contribution in [-0.2, 0) is 6.54 Å². The average Bonchev–Trinajstić information content (AvgIpc) is 2.47. The van der Waals surface area contributed by atoms with E-state index in [0.717, 1.165) is 23.3 Å². The third kappa shape index (κ3) is 1.63. The molecule has 14 heavy (non-hydrogen) atoms. The maximum Gasteiger partial charge on any atom is 0.181 e. The van der Waals surface area contributed by atoms with Gasteiger partial charge in [-0.2, -0.15) is 5.10 Å². The first-order chi connectivity index (χ1) is 6.66. The summed E-state index contributed by atoms with van der Waals surface area (Å²) < 4.78 is 0. The van der Waals surface area contributed by atoms with Crippen LogP contribution in [0, 0.1) is 0 Å². The van der Waals surface area contributed by atoms with E-state index in [1.54, 1.807) is 6.20 Å². The van der Waals surface area contributed by atoms with Crippen LogP contribution in [-0.4, -0.2) is 42.0 Å². The van der Waals surface area contributed by atoms with Crippen LogP contribution in [0.2, 0.25) is 0 Å². The maximum absolute atomic E-state index is 5.66. The molecule has 2 aromatic rings. The van der Waals surface area contributed by atoms with Gasteiger partial charge in [-0.05, 0) is 14.1 Å². The fourth-order valence-electron chi connectivity index (χ4n) is 1.40. The maximum atomic E-state index is 5.66. The van der Waals surface area contributed by atoms with Crippen molar-refractivity contribution in [3.8, 4) is 0 Å². The van der Waals surface area contributed by atoms with Crippen molar-refractivity contribution in [2.45, 2.75) is 6.54 Å². The SMILES string of the molecule is [B]c1cnc2n[nH]c(CN(C)C)c2c1. The van der Waals surface area contributed by atoms with Gasteiger partial charge in [0, 0.05) is 18.1 Å². The molecule has 2 radical (unpaired) electrons. The summed E-state index contributed by atoms with van der Waals surface area (Å²) in [6.45, 7) is 0.807. The Morgan fingerprint density at radius 1 is 1.50 bits per heavy atom. The zero-order valence-electron chi connectivity index (χ0n) is 8.28. The summed E-state index contributed by atoms with van der Waals surface area (Å²) in [6.07, 6.45) is 1.61. The van der Waals surface area contributed by atoms with E-state index in [9.17, 15) is 0 Å². The van der Waals surface area contributed by atoms with Crippen LogP contribution in [0.5, 0.6) is 0 Å². The van der Waals surface area contributed by atoms with E-state index in [0.29, 0.717) is 5.46 Å². The van der Waals surface area contributed by atoms with Gasteiger partial charge in [0.25, 0.3) is 0 Å². The first-order valence-corrected chi connectivity index (χ1v) is 4.40. The normalized spacial score (nSPS) is 11.4. The van der Waals surface area contributed by atoms with Gasteiger partial charge in [0.15, 0.2) is 5.65 Å². The number of nitrogens with one attached hydrogen (secondary N) is 1. The van der Waals surface area contributed by atoms with Crippen LogP contribution in [0.1, 0.15) is 5.69 Å². The molecule has 0 amide bonds. The predicted molar refractivity (Wildman–Crippen MR) is 56.7 cm³/mol. The summed E-state index contributed by atoms with van der Waals surface area (Å²) in [4.78, 5) is 6.19. The predicted octanol–water partition coefficient (Wildman–Crippen LogP) is -0.187. The third-order valence-electron chi connectivity index (χ3n) is 1.98. The molecule has 0 fully saturated rings. The number of hydrogen-bond donors (Lipinski definition) is 1. The minimum Gasteiger partial charge on any atom is -0.304 e. The van der Waals surface area contributed by atoms with Crippen LogP contribution in [0.4, 0.5) is 0 Å². The lowest BCUT2D eigenvalue weighted by atomic mass is 9.97. The third-order valence-corrected chi connectivity index (χ3v) is 1.98. The van der Waals surface area contributed by atoms with E-state index in [1.165, 1.54) is 0 Å². The molecule has 0 saturated heterocycles. The molecule has 5 heteroatoms. The Balaban J connectivity index is 2.50. The van der Waals surface area contributed by atoms with Crippen molar-refractivity contribution < 1.29 is 0 Å². The van der Waals surface area contributed by atoms with Gasteiger partial charge in [-0.3, -0.25) is 5.10 Å². The van der Waals surface area contributed by atoms with Gasteiger partial charge in [-0.15, -0.1) is 0 Å². The van der Waals surface area contributed by atoms with Gasteiger partial charge in [0.2, 0.25) is 0 Å². The molecule has 0 aliphatic rings. The molecule has 0 aliphatic heterocycles. The van der Waals surface area contributed by atoms with Gasteiger partial charge in [-0.1, -0.05) is 11.5 Å². The largest absolute Gasteiger partial charge is 0.304 e. The number of H-pyrrole nitrogens is 1. The van der Waals surface area contributed by atoms with Crippen molar-refractivity contribution in [1.29, 1.82) is 0 Å². The van der Waals surface area contributed by atoms with Crippen LogP contribution in [0.25, 0.3) is 11.0 Å². The minimum absolute atomic E-state index is 0.666. The number of fused-ring (bicyclic) bond motifs is 1. The second-order valence-electron chi connectivity index (χ2n) is 3.58. The van der Waals surface area contributed by atoms with Gasteiger partial charge >= 0.3 is 0 Å². The Hall–Kier alpha value is -1.36. The highest BCUT2D eigenvalue weighted by Crippen LogP contribution is 2.12. The van der Waals surface area contributed by atoms with Crippen molar-refractivity contribution in [3.05, 3.63) is 18.0 Å². The van der Waals surface area contributed by atoms with Gasteiger partial charge in [-0.25, -0.2) is 4.98 Å². The van der Waals surface area contributed by atoms with Crippen molar-refractivity contribution in [2.24, 2.45) is 0 Å². The van der Waals surface area contributed by atoms with Crippen molar-refractivity contribution in [1.82, 2.24) is 20.1 Å². The lowest BCUT2D eigenvalue weighted by molar-refractivity contribution is 0.398. The van der Waals surface area contributed by atoms with Crippen LogP contribution < -0.4 is 5.46 Å². The van der Waals surface area contributed by atoms with E-state index in [2.05, 4.69) is 20.1 Å². The molecular weight excluding hydrogens is 175 g/mol. The monoisotopic (exact) mass is 186 g/mol. The van der Waals surface area contributed by atoms with E-state index < -0.39 is 0 Å². The molecule has 2 aromatic heterocycles. The van der Waals surface area contributed by atoms with Crippen molar-refractivity contribution in [3.63, 3.8) is 0 Å².